The standard InChI is InChI=1S/C13H15N3O3S/c1-18-10-4-2-9(3-5-10)8-12-15-16-13(19-12)20-7-6-11(14)17/h2-5H,6-8H2,1H3,(H2,14,17). The zero-order valence-corrected chi connectivity index (χ0v) is 11.9. The summed E-state index contributed by atoms with van der Waals surface area (Å²) in [5.74, 6) is 1.55. The van der Waals surface area contributed by atoms with Gasteiger partial charge in [0.1, 0.15) is 5.75 Å². The average molecular weight is 293 g/mol. The highest BCUT2D eigenvalue weighted by molar-refractivity contribution is 7.99. The summed E-state index contributed by atoms with van der Waals surface area (Å²) in [6.07, 6.45) is 0.855. The van der Waals surface area contributed by atoms with Crippen LogP contribution in [0.5, 0.6) is 5.75 Å². The molecule has 0 fully saturated rings. The lowest BCUT2D eigenvalue weighted by Crippen LogP contribution is -2.10. The number of hydrogen-bond acceptors (Lipinski definition) is 6. The molecule has 0 saturated heterocycles. The van der Waals surface area contributed by atoms with Crippen LogP contribution in [-0.2, 0) is 11.2 Å². The van der Waals surface area contributed by atoms with Crippen molar-refractivity contribution in [1.82, 2.24) is 10.2 Å². The van der Waals surface area contributed by atoms with Gasteiger partial charge in [-0.15, -0.1) is 10.2 Å². The van der Waals surface area contributed by atoms with Gasteiger partial charge in [0.05, 0.1) is 13.5 Å². The van der Waals surface area contributed by atoms with Crippen molar-refractivity contribution in [3.8, 4) is 5.75 Å². The first-order valence-corrected chi connectivity index (χ1v) is 7.02. The van der Waals surface area contributed by atoms with Crippen molar-refractivity contribution in [3.05, 3.63) is 35.7 Å². The number of nitrogens with two attached hydrogens (primary N) is 1. The normalized spacial score (nSPS) is 10.4. The van der Waals surface area contributed by atoms with E-state index in [9.17, 15) is 4.79 Å². The molecule has 20 heavy (non-hydrogen) atoms. The number of hydrogen-bond donors (Lipinski definition) is 1. The van der Waals surface area contributed by atoms with E-state index in [1.165, 1.54) is 11.8 Å². The smallest absolute Gasteiger partial charge is 0.276 e. The van der Waals surface area contributed by atoms with E-state index in [2.05, 4.69) is 10.2 Å². The molecule has 0 spiro atoms. The molecule has 0 aliphatic heterocycles. The Balaban J connectivity index is 1.89. The first kappa shape index (κ1) is 14.4. The maximum absolute atomic E-state index is 10.6. The van der Waals surface area contributed by atoms with Gasteiger partial charge in [-0.2, -0.15) is 0 Å². The zero-order chi connectivity index (χ0) is 14.4. The van der Waals surface area contributed by atoms with Crippen molar-refractivity contribution in [3.63, 3.8) is 0 Å². The van der Waals surface area contributed by atoms with Gasteiger partial charge in [0.15, 0.2) is 0 Å². The lowest BCUT2D eigenvalue weighted by molar-refractivity contribution is -0.117. The van der Waals surface area contributed by atoms with Gasteiger partial charge < -0.3 is 14.9 Å². The van der Waals surface area contributed by atoms with Gasteiger partial charge in [0.25, 0.3) is 5.22 Å². The molecular weight excluding hydrogens is 278 g/mol. The van der Waals surface area contributed by atoms with Crippen molar-refractivity contribution in [2.45, 2.75) is 18.1 Å². The first-order valence-electron chi connectivity index (χ1n) is 6.04. The second kappa shape index (κ2) is 6.95. The molecule has 0 unspecified atom stereocenters. The van der Waals surface area contributed by atoms with Crippen LogP contribution >= 0.6 is 11.8 Å². The number of thioether (sulfide) groups is 1. The van der Waals surface area contributed by atoms with Gasteiger partial charge >= 0.3 is 0 Å². The molecule has 6 nitrogen and oxygen atoms in total. The number of methoxy groups -OCH3 is 1. The third-order valence-corrected chi connectivity index (χ3v) is 3.36. The topological polar surface area (TPSA) is 91.2 Å². The van der Waals surface area contributed by atoms with Crippen molar-refractivity contribution in [2.75, 3.05) is 12.9 Å². The van der Waals surface area contributed by atoms with Gasteiger partial charge in [-0.05, 0) is 17.7 Å². The Morgan fingerprint density at radius 3 is 2.75 bits per heavy atom. The molecule has 1 aromatic heterocycles. The van der Waals surface area contributed by atoms with Crippen LogP contribution in [0.15, 0.2) is 33.9 Å². The highest BCUT2D eigenvalue weighted by Gasteiger charge is 2.08. The van der Waals surface area contributed by atoms with Gasteiger partial charge in [-0.25, -0.2) is 0 Å². The zero-order valence-electron chi connectivity index (χ0n) is 11.0. The molecule has 1 aromatic carbocycles. The summed E-state index contributed by atoms with van der Waals surface area (Å²) >= 11 is 1.33. The molecule has 0 saturated carbocycles. The number of amides is 1. The predicted octanol–water partition coefficient (Wildman–Crippen LogP) is 1.64. The highest BCUT2D eigenvalue weighted by Crippen LogP contribution is 2.19. The van der Waals surface area contributed by atoms with Crippen molar-refractivity contribution in [2.24, 2.45) is 5.73 Å². The van der Waals surface area contributed by atoms with E-state index >= 15 is 0 Å². The minimum Gasteiger partial charge on any atom is -0.497 e. The molecule has 2 aromatic rings. The highest BCUT2D eigenvalue weighted by atomic mass is 32.2. The second-order valence-electron chi connectivity index (χ2n) is 4.05. The summed E-state index contributed by atoms with van der Waals surface area (Å²) in [4.78, 5) is 10.6. The monoisotopic (exact) mass is 293 g/mol. The Morgan fingerprint density at radius 1 is 1.35 bits per heavy atom. The quantitative estimate of drug-likeness (QED) is 0.780. The minimum absolute atomic E-state index is 0.293. The Bertz CT molecular complexity index is 568. The van der Waals surface area contributed by atoms with Crippen LogP contribution in [0.3, 0.4) is 0 Å². The lowest BCUT2D eigenvalue weighted by Gasteiger charge is -2.00. The van der Waals surface area contributed by atoms with Crippen LogP contribution in [0.2, 0.25) is 0 Å². The molecule has 0 aliphatic carbocycles. The third-order valence-electron chi connectivity index (χ3n) is 2.54. The number of carbonyl (C=O) groups excluding carboxylic acids is 1. The van der Waals surface area contributed by atoms with Gasteiger partial charge in [0.2, 0.25) is 11.8 Å². The summed E-state index contributed by atoms with van der Waals surface area (Å²) in [5.41, 5.74) is 6.12. The van der Waals surface area contributed by atoms with Crippen LogP contribution in [0.4, 0.5) is 0 Å². The van der Waals surface area contributed by atoms with E-state index < -0.39 is 0 Å². The Hall–Kier alpha value is -2.02. The summed E-state index contributed by atoms with van der Waals surface area (Å²) in [5, 5.41) is 8.33. The number of aromatic nitrogens is 2. The molecule has 0 aliphatic rings. The molecule has 1 amide bonds. The second-order valence-corrected chi connectivity index (χ2v) is 5.10. The van der Waals surface area contributed by atoms with E-state index in [1.807, 2.05) is 24.3 Å². The van der Waals surface area contributed by atoms with Crippen LogP contribution in [-0.4, -0.2) is 29.0 Å². The number of primary amides is 1. The molecule has 2 rings (SSSR count). The maximum Gasteiger partial charge on any atom is 0.276 e. The number of rotatable bonds is 7. The summed E-state index contributed by atoms with van der Waals surface area (Å²) < 4.78 is 10.6. The van der Waals surface area contributed by atoms with E-state index in [0.717, 1.165) is 11.3 Å². The molecule has 1 heterocycles. The molecule has 7 heteroatoms. The Labute approximate surface area is 120 Å². The third kappa shape index (κ3) is 4.27. The van der Waals surface area contributed by atoms with Gasteiger partial charge in [-0.1, -0.05) is 23.9 Å². The molecule has 0 atom stereocenters. The van der Waals surface area contributed by atoms with E-state index in [4.69, 9.17) is 14.9 Å². The van der Waals surface area contributed by atoms with Crippen LogP contribution in [0, 0.1) is 0 Å². The maximum atomic E-state index is 10.6. The number of nitrogens with zero attached hydrogens (tertiary/aromatic N) is 2. The number of carbonyl (C=O) groups is 1. The van der Waals surface area contributed by atoms with Gasteiger partial charge in [-0.3, -0.25) is 4.79 Å². The fraction of sp³-hybridized carbons (Fsp3) is 0.308. The lowest BCUT2D eigenvalue weighted by atomic mass is 10.1. The molecular formula is C13H15N3O3S. The van der Waals surface area contributed by atoms with E-state index in [1.54, 1.807) is 7.11 Å². The fourth-order valence-corrected chi connectivity index (χ4v) is 2.26. The van der Waals surface area contributed by atoms with Crippen molar-refractivity contribution >= 4 is 17.7 Å². The van der Waals surface area contributed by atoms with Crippen LogP contribution in [0.25, 0.3) is 0 Å². The van der Waals surface area contributed by atoms with E-state index in [0.29, 0.717) is 29.7 Å². The Morgan fingerprint density at radius 2 is 2.10 bits per heavy atom. The molecule has 2 N–H and O–H groups in total. The minimum atomic E-state index is -0.338. The first-order chi connectivity index (χ1) is 9.67. The SMILES string of the molecule is COc1ccc(Cc2nnc(SCCC(N)=O)o2)cc1. The molecule has 0 bridgehead atoms. The van der Waals surface area contributed by atoms with Crippen LogP contribution in [0.1, 0.15) is 17.9 Å². The van der Waals surface area contributed by atoms with Crippen LogP contribution < -0.4 is 10.5 Å². The number of ether oxygens (including phenoxy) is 1. The summed E-state index contributed by atoms with van der Waals surface area (Å²) in [6.45, 7) is 0. The number of benzene rings is 1. The predicted molar refractivity (Wildman–Crippen MR) is 74.6 cm³/mol. The van der Waals surface area contributed by atoms with Crippen molar-refractivity contribution in [1.29, 1.82) is 0 Å². The van der Waals surface area contributed by atoms with Gasteiger partial charge in [0, 0.05) is 12.2 Å². The average Bonchev–Trinajstić information content (AvgIpc) is 2.87. The molecule has 0 radical (unpaired) electrons. The van der Waals surface area contributed by atoms with E-state index in [-0.39, 0.29) is 5.91 Å². The Kier molecular flexibility index (Phi) is 5.00. The largest absolute Gasteiger partial charge is 0.497 e. The fourth-order valence-electron chi connectivity index (χ4n) is 1.52. The molecule has 106 valence electrons. The summed E-state index contributed by atoms with van der Waals surface area (Å²) in [7, 11) is 1.63. The summed E-state index contributed by atoms with van der Waals surface area (Å²) in [6, 6.07) is 7.66. The van der Waals surface area contributed by atoms with Crippen molar-refractivity contribution < 1.29 is 13.9 Å².